The number of carbonyl (C=O) groups excluding carboxylic acids is 1. The maximum atomic E-state index is 12.9. The molecule has 2 fully saturated rings. The lowest BCUT2D eigenvalue weighted by Crippen LogP contribution is -2.51. The molecular formula is C21H32N2O3. The van der Waals surface area contributed by atoms with Crippen molar-refractivity contribution in [3.8, 4) is 0 Å². The standard InChI is InChI=1S/C21H32N2O3/c1-17-12-23(13-18(2)26-17)21(24)16-22(14-19-6-4-3-5-7-19)15-20-8-10-25-11-9-20/h3-7,17-18,20H,8-16H2,1-2H3. The summed E-state index contributed by atoms with van der Waals surface area (Å²) in [4.78, 5) is 17.2. The number of hydrogen-bond acceptors (Lipinski definition) is 4. The molecule has 1 aromatic rings. The van der Waals surface area contributed by atoms with Crippen LogP contribution in [-0.2, 0) is 20.8 Å². The van der Waals surface area contributed by atoms with Crippen LogP contribution in [0.1, 0.15) is 32.3 Å². The number of benzene rings is 1. The van der Waals surface area contributed by atoms with E-state index in [0.717, 1.165) is 39.1 Å². The Balaban J connectivity index is 1.62. The van der Waals surface area contributed by atoms with Gasteiger partial charge in [-0.1, -0.05) is 30.3 Å². The Morgan fingerprint density at radius 1 is 1.12 bits per heavy atom. The molecule has 2 atom stereocenters. The Morgan fingerprint density at radius 3 is 2.42 bits per heavy atom. The van der Waals surface area contributed by atoms with Crippen molar-refractivity contribution in [3.63, 3.8) is 0 Å². The first-order valence-corrected chi connectivity index (χ1v) is 9.87. The van der Waals surface area contributed by atoms with Crippen LogP contribution in [0.4, 0.5) is 0 Å². The number of nitrogens with zero attached hydrogens (tertiary/aromatic N) is 2. The Hall–Kier alpha value is -1.43. The maximum absolute atomic E-state index is 12.9. The lowest BCUT2D eigenvalue weighted by Gasteiger charge is -2.37. The zero-order valence-electron chi connectivity index (χ0n) is 16.1. The molecule has 0 bridgehead atoms. The molecule has 3 rings (SSSR count). The molecule has 5 nitrogen and oxygen atoms in total. The van der Waals surface area contributed by atoms with Crippen molar-refractivity contribution in [2.75, 3.05) is 39.4 Å². The van der Waals surface area contributed by atoms with Gasteiger partial charge in [0.2, 0.25) is 5.91 Å². The van der Waals surface area contributed by atoms with E-state index in [9.17, 15) is 4.79 Å². The molecule has 1 aromatic carbocycles. The highest BCUT2D eigenvalue weighted by atomic mass is 16.5. The summed E-state index contributed by atoms with van der Waals surface area (Å²) in [5.41, 5.74) is 1.26. The zero-order valence-corrected chi connectivity index (χ0v) is 16.1. The van der Waals surface area contributed by atoms with Crippen molar-refractivity contribution < 1.29 is 14.3 Å². The third-order valence-electron chi connectivity index (χ3n) is 5.24. The third-order valence-corrected chi connectivity index (χ3v) is 5.24. The summed E-state index contributed by atoms with van der Waals surface area (Å²) >= 11 is 0. The van der Waals surface area contributed by atoms with Crippen LogP contribution in [-0.4, -0.2) is 67.3 Å². The van der Waals surface area contributed by atoms with Crippen LogP contribution >= 0.6 is 0 Å². The van der Waals surface area contributed by atoms with Crippen LogP contribution < -0.4 is 0 Å². The van der Waals surface area contributed by atoms with Gasteiger partial charge < -0.3 is 14.4 Å². The van der Waals surface area contributed by atoms with Gasteiger partial charge in [-0.05, 0) is 38.2 Å². The number of ether oxygens (including phenoxy) is 2. The quantitative estimate of drug-likeness (QED) is 0.782. The van der Waals surface area contributed by atoms with Crippen LogP contribution in [0, 0.1) is 5.92 Å². The van der Waals surface area contributed by atoms with E-state index < -0.39 is 0 Å². The normalized spacial score (nSPS) is 24.8. The van der Waals surface area contributed by atoms with E-state index in [1.807, 2.05) is 24.8 Å². The summed E-state index contributed by atoms with van der Waals surface area (Å²) in [6.07, 6.45) is 2.40. The molecule has 2 aliphatic heterocycles. The minimum absolute atomic E-state index is 0.112. The van der Waals surface area contributed by atoms with Gasteiger partial charge in [-0.25, -0.2) is 0 Å². The number of carbonyl (C=O) groups is 1. The second-order valence-electron chi connectivity index (χ2n) is 7.77. The topological polar surface area (TPSA) is 42.0 Å². The minimum atomic E-state index is 0.112. The van der Waals surface area contributed by atoms with Crippen molar-refractivity contribution in [3.05, 3.63) is 35.9 Å². The highest BCUT2D eigenvalue weighted by Crippen LogP contribution is 2.18. The summed E-state index contributed by atoms with van der Waals surface area (Å²) in [5, 5.41) is 0. The third kappa shape index (κ3) is 5.79. The molecule has 5 heteroatoms. The summed E-state index contributed by atoms with van der Waals surface area (Å²) in [6.45, 7) is 9.41. The zero-order chi connectivity index (χ0) is 18.4. The van der Waals surface area contributed by atoms with Gasteiger partial charge in [0.05, 0.1) is 18.8 Å². The fourth-order valence-corrected chi connectivity index (χ4v) is 3.99. The molecule has 0 spiro atoms. The summed E-state index contributed by atoms with van der Waals surface area (Å²) in [7, 11) is 0. The van der Waals surface area contributed by atoms with Gasteiger partial charge in [0, 0.05) is 39.4 Å². The van der Waals surface area contributed by atoms with E-state index in [1.165, 1.54) is 5.56 Å². The van der Waals surface area contributed by atoms with Crippen LogP contribution in [0.25, 0.3) is 0 Å². The Kier molecular flexibility index (Phi) is 7.06. The number of rotatable bonds is 6. The van der Waals surface area contributed by atoms with E-state index in [-0.39, 0.29) is 18.1 Å². The molecule has 2 unspecified atom stereocenters. The van der Waals surface area contributed by atoms with Gasteiger partial charge >= 0.3 is 0 Å². The molecule has 0 radical (unpaired) electrons. The average Bonchev–Trinajstić information content (AvgIpc) is 2.62. The van der Waals surface area contributed by atoms with Crippen molar-refractivity contribution in [2.24, 2.45) is 5.92 Å². The highest BCUT2D eigenvalue weighted by Gasteiger charge is 2.27. The predicted molar refractivity (Wildman–Crippen MR) is 102 cm³/mol. The average molecular weight is 360 g/mol. The second kappa shape index (κ2) is 9.49. The number of hydrogen-bond donors (Lipinski definition) is 0. The van der Waals surface area contributed by atoms with Crippen LogP contribution in [0.2, 0.25) is 0 Å². The van der Waals surface area contributed by atoms with E-state index in [0.29, 0.717) is 25.6 Å². The molecule has 0 aliphatic carbocycles. The molecule has 0 N–H and O–H groups in total. The largest absolute Gasteiger partial charge is 0.381 e. The van der Waals surface area contributed by atoms with Gasteiger partial charge in [-0.3, -0.25) is 9.69 Å². The summed E-state index contributed by atoms with van der Waals surface area (Å²) in [6, 6.07) is 10.4. The SMILES string of the molecule is CC1CN(C(=O)CN(Cc2ccccc2)CC2CCOCC2)CC(C)O1. The van der Waals surface area contributed by atoms with Crippen LogP contribution in [0.15, 0.2) is 30.3 Å². The smallest absolute Gasteiger partial charge is 0.236 e. The lowest BCUT2D eigenvalue weighted by molar-refractivity contribution is -0.144. The van der Waals surface area contributed by atoms with Crippen molar-refractivity contribution in [1.29, 1.82) is 0 Å². The molecule has 2 saturated heterocycles. The molecule has 144 valence electrons. The molecule has 2 aliphatic rings. The number of amides is 1. The first-order chi connectivity index (χ1) is 12.6. The lowest BCUT2D eigenvalue weighted by atomic mass is 9.99. The Morgan fingerprint density at radius 2 is 1.77 bits per heavy atom. The molecule has 2 heterocycles. The van der Waals surface area contributed by atoms with Crippen LogP contribution in [0.5, 0.6) is 0 Å². The van der Waals surface area contributed by atoms with Crippen molar-refractivity contribution >= 4 is 5.91 Å². The summed E-state index contributed by atoms with van der Waals surface area (Å²) in [5.74, 6) is 0.831. The van der Waals surface area contributed by atoms with Gasteiger partial charge in [0.25, 0.3) is 0 Å². The fourth-order valence-electron chi connectivity index (χ4n) is 3.99. The molecule has 26 heavy (non-hydrogen) atoms. The molecule has 1 amide bonds. The second-order valence-corrected chi connectivity index (χ2v) is 7.77. The number of morpholine rings is 1. The monoisotopic (exact) mass is 360 g/mol. The van der Waals surface area contributed by atoms with E-state index >= 15 is 0 Å². The molecule has 0 saturated carbocycles. The van der Waals surface area contributed by atoms with Gasteiger partial charge in [-0.15, -0.1) is 0 Å². The van der Waals surface area contributed by atoms with E-state index in [1.54, 1.807) is 0 Å². The Labute approximate surface area is 157 Å². The molecule has 0 aromatic heterocycles. The molecular weight excluding hydrogens is 328 g/mol. The highest BCUT2D eigenvalue weighted by molar-refractivity contribution is 5.78. The predicted octanol–water partition coefficient (Wildman–Crippen LogP) is 2.55. The van der Waals surface area contributed by atoms with E-state index in [4.69, 9.17) is 9.47 Å². The summed E-state index contributed by atoms with van der Waals surface area (Å²) < 4.78 is 11.3. The minimum Gasteiger partial charge on any atom is -0.381 e. The first kappa shape index (κ1) is 19.3. The van der Waals surface area contributed by atoms with Gasteiger partial charge in [0.15, 0.2) is 0 Å². The Bertz CT molecular complexity index is 550. The van der Waals surface area contributed by atoms with Gasteiger partial charge in [0.1, 0.15) is 0 Å². The van der Waals surface area contributed by atoms with Gasteiger partial charge in [-0.2, -0.15) is 0 Å². The van der Waals surface area contributed by atoms with E-state index in [2.05, 4.69) is 29.2 Å². The van der Waals surface area contributed by atoms with Crippen LogP contribution in [0.3, 0.4) is 0 Å². The fraction of sp³-hybridized carbons (Fsp3) is 0.667. The van der Waals surface area contributed by atoms with Crippen molar-refractivity contribution in [1.82, 2.24) is 9.80 Å². The maximum Gasteiger partial charge on any atom is 0.236 e. The van der Waals surface area contributed by atoms with Crippen molar-refractivity contribution in [2.45, 2.75) is 45.4 Å². The first-order valence-electron chi connectivity index (χ1n) is 9.87.